The first-order valence-corrected chi connectivity index (χ1v) is 4.43. The van der Waals surface area contributed by atoms with Crippen LogP contribution in [0.4, 0.5) is 0 Å². The largest absolute Gasteiger partial charge is 0.467 e. The summed E-state index contributed by atoms with van der Waals surface area (Å²) in [5, 5.41) is 0. The fraction of sp³-hybridized carbons (Fsp3) is 0.889. The standard InChI is InChI=1S/C9H18O5/c1-11-5-4-6-14-7-8(12-2)9(10)13-3/h8H,4-7H2,1-3H3. The molecule has 0 aliphatic carbocycles. The average molecular weight is 206 g/mol. The molecule has 0 amide bonds. The van der Waals surface area contributed by atoms with Gasteiger partial charge in [-0.05, 0) is 6.42 Å². The molecule has 0 heterocycles. The minimum Gasteiger partial charge on any atom is -0.467 e. The van der Waals surface area contributed by atoms with Crippen molar-refractivity contribution in [3.05, 3.63) is 0 Å². The molecule has 0 N–H and O–H groups in total. The van der Waals surface area contributed by atoms with Gasteiger partial charge >= 0.3 is 5.97 Å². The Hall–Kier alpha value is -0.650. The van der Waals surface area contributed by atoms with Crippen molar-refractivity contribution in [2.24, 2.45) is 0 Å². The molecule has 0 saturated carbocycles. The fourth-order valence-electron chi connectivity index (χ4n) is 0.859. The van der Waals surface area contributed by atoms with Crippen LogP contribution in [0.2, 0.25) is 0 Å². The summed E-state index contributed by atoms with van der Waals surface area (Å²) in [7, 11) is 4.39. The molecule has 1 atom stereocenters. The Kier molecular flexibility index (Phi) is 8.51. The smallest absolute Gasteiger partial charge is 0.337 e. The number of carbonyl (C=O) groups is 1. The molecule has 5 heteroatoms. The zero-order valence-corrected chi connectivity index (χ0v) is 8.95. The third-order valence-electron chi connectivity index (χ3n) is 1.65. The summed E-state index contributed by atoms with van der Waals surface area (Å²) in [5.41, 5.74) is 0. The lowest BCUT2D eigenvalue weighted by Crippen LogP contribution is -2.29. The van der Waals surface area contributed by atoms with Crippen molar-refractivity contribution in [2.75, 3.05) is 41.2 Å². The van der Waals surface area contributed by atoms with E-state index in [1.807, 2.05) is 0 Å². The summed E-state index contributed by atoms with van der Waals surface area (Å²) in [6.07, 6.45) is 0.163. The Morgan fingerprint density at radius 2 is 1.93 bits per heavy atom. The molecule has 84 valence electrons. The number of ether oxygens (including phenoxy) is 4. The lowest BCUT2D eigenvalue weighted by atomic mass is 10.4. The number of hydrogen-bond acceptors (Lipinski definition) is 5. The van der Waals surface area contributed by atoms with Crippen molar-refractivity contribution in [1.29, 1.82) is 0 Å². The van der Waals surface area contributed by atoms with Crippen LogP contribution in [0.3, 0.4) is 0 Å². The molecular weight excluding hydrogens is 188 g/mol. The first-order valence-electron chi connectivity index (χ1n) is 4.43. The minimum absolute atomic E-state index is 0.215. The Bertz CT molecular complexity index is 148. The average Bonchev–Trinajstić information content (AvgIpc) is 2.22. The van der Waals surface area contributed by atoms with Gasteiger partial charge in [-0.1, -0.05) is 0 Å². The molecule has 14 heavy (non-hydrogen) atoms. The normalized spacial score (nSPS) is 12.5. The second kappa shape index (κ2) is 8.93. The number of esters is 1. The predicted octanol–water partition coefficient (Wildman–Crippen LogP) is 0.227. The molecule has 0 rings (SSSR count). The molecule has 5 nitrogen and oxygen atoms in total. The van der Waals surface area contributed by atoms with Crippen LogP contribution < -0.4 is 0 Å². The van der Waals surface area contributed by atoms with Crippen molar-refractivity contribution in [2.45, 2.75) is 12.5 Å². The van der Waals surface area contributed by atoms with Crippen LogP contribution in [0.15, 0.2) is 0 Å². The van der Waals surface area contributed by atoms with Gasteiger partial charge in [-0.3, -0.25) is 0 Å². The second-order valence-corrected chi connectivity index (χ2v) is 2.67. The Morgan fingerprint density at radius 1 is 1.21 bits per heavy atom. The number of hydrogen-bond donors (Lipinski definition) is 0. The Labute approximate surface area is 84.3 Å². The zero-order chi connectivity index (χ0) is 10.8. The molecule has 1 unspecified atom stereocenters. The van der Waals surface area contributed by atoms with Gasteiger partial charge in [0.25, 0.3) is 0 Å². The highest BCUT2D eigenvalue weighted by Crippen LogP contribution is 1.95. The fourth-order valence-corrected chi connectivity index (χ4v) is 0.859. The first kappa shape index (κ1) is 13.4. The lowest BCUT2D eigenvalue weighted by molar-refractivity contribution is -0.156. The summed E-state index contributed by atoms with van der Waals surface area (Å²) < 4.78 is 19.4. The van der Waals surface area contributed by atoms with E-state index < -0.39 is 12.1 Å². The van der Waals surface area contributed by atoms with Crippen molar-refractivity contribution in [3.8, 4) is 0 Å². The summed E-state index contributed by atoms with van der Waals surface area (Å²) in [5.74, 6) is -0.417. The molecular formula is C9H18O5. The maximum atomic E-state index is 11.0. The Morgan fingerprint density at radius 3 is 2.43 bits per heavy atom. The number of rotatable bonds is 8. The van der Waals surface area contributed by atoms with Gasteiger partial charge in [0.1, 0.15) is 0 Å². The predicted molar refractivity (Wildman–Crippen MR) is 50.1 cm³/mol. The van der Waals surface area contributed by atoms with Crippen molar-refractivity contribution >= 4 is 5.97 Å². The monoisotopic (exact) mass is 206 g/mol. The molecule has 0 aromatic carbocycles. The van der Waals surface area contributed by atoms with Gasteiger partial charge in [0.15, 0.2) is 6.10 Å². The molecule has 0 fully saturated rings. The molecule has 0 aliphatic heterocycles. The van der Waals surface area contributed by atoms with Gasteiger partial charge in [-0.15, -0.1) is 0 Å². The molecule has 0 aromatic rings. The van der Waals surface area contributed by atoms with Crippen LogP contribution in [-0.2, 0) is 23.7 Å². The zero-order valence-electron chi connectivity index (χ0n) is 8.95. The van der Waals surface area contributed by atoms with E-state index in [1.165, 1.54) is 14.2 Å². The second-order valence-electron chi connectivity index (χ2n) is 2.67. The van der Waals surface area contributed by atoms with Gasteiger partial charge in [0.05, 0.1) is 13.7 Å². The topological polar surface area (TPSA) is 54.0 Å². The highest BCUT2D eigenvalue weighted by molar-refractivity contribution is 5.74. The van der Waals surface area contributed by atoms with E-state index in [0.717, 1.165) is 6.42 Å². The molecule has 0 bridgehead atoms. The SMILES string of the molecule is COCCCOCC(OC)C(=O)OC. The van der Waals surface area contributed by atoms with E-state index in [-0.39, 0.29) is 6.61 Å². The quantitative estimate of drug-likeness (QED) is 0.420. The number of methoxy groups -OCH3 is 3. The third-order valence-corrected chi connectivity index (χ3v) is 1.65. The molecule has 0 spiro atoms. The van der Waals surface area contributed by atoms with Gasteiger partial charge in [-0.2, -0.15) is 0 Å². The van der Waals surface area contributed by atoms with E-state index >= 15 is 0 Å². The molecule has 0 radical (unpaired) electrons. The van der Waals surface area contributed by atoms with Crippen LogP contribution in [-0.4, -0.2) is 53.2 Å². The maximum absolute atomic E-state index is 11.0. The van der Waals surface area contributed by atoms with E-state index in [4.69, 9.17) is 14.2 Å². The van der Waals surface area contributed by atoms with Crippen molar-refractivity contribution in [1.82, 2.24) is 0 Å². The van der Waals surface area contributed by atoms with Crippen molar-refractivity contribution < 1.29 is 23.7 Å². The molecule has 0 aromatic heterocycles. The van der Waals surface area contributed by atoms with E-state index in [2.05, 4.69) is 4.74 Å². The number of carbonyl (C=O) groups excluding carboxylic acids is 1. The lowest BCUT2D eigenvalue weighted by Gasteiger charge is -2.12. The van der Waals surface area contributed by atoms with Gasteiger partial charge in [0.2, 0.25) is 0 Å². The summed E-state index contributed by atoms with van der Waals surface area (Å²) >= 11 is 0. The highest BCUT2D eigenvalue weighted by Gasteiger charge is 2.17. The maximum Gasteiger partial charge on any atom is 0.337 e. The third kappa shape index (κ3) is 5.90. The van der Waals surface area contributed by atoms with Crippen LogP contribution in [0.1, 0.15) is 6.42 Å². The van der Waals surface area contributed by atoms with Crippen molar-refractivity contribution in [3.63, 3.8) is 0 Å². The summed E-state index contributed by atoms with van der Waals surface area (Å²) in [6, 6.07) is 0. The Balaban J connectivity index is 3.48. The first-order chi connectivity index (χ1) is 6.76. The minimum atomic E-state index is -0.637. The van der Waals surface area contributed by atoms with Crippen LogP contribution in [0.25, 0.3) is 0 Å². The van der Waals surface area contributed by atoms with E-state index in [9.17, 15) is 4.79 Å². The van der Waals surface area contributed by atoms with Gasteiger partial charge in [-0.25, -0.2) is 4.79 Å². The van der Waals surface area contributed by atoms with Crippen LogP contribution in [0, 0.1) is 0 Å². The van der Waals surface area contributed by atoms with Gasteiger partial charge < -0.3 is 18.9 Å². The molecule has 0 aliphatic rings. The van der Waals surface area contributed by atoms with Crippen LogP contribution >= 0.6 is 0 Å². The summed E-state index contributed by atoms with van der Waals surface area (Å²) in [6.45, 7) is 1.41. The van der Waals surface area contributed by atoms with Crippen LogP contribution in [0.5, 0.6) is 0 Å². The van der Waals surface area contributed by atoms with Gasteiger partial charge in [0, 0.05) is 27.4 Å². The van der Waals surface area contributed by atoms with E-state index in [0.29, 0.717) is 13.2 Å². The molecule has 0 saturated heterocycles. The summed E-state index contributed by atoms with van der Waals surface area (Å²) in [4.78, 5) is 11.0. The van der Waals surface area contributed by atoms with E-state index in [1.54, 1.807) is 7.11 Å². The highest BCUT2D eigenvalue weighted by atomic mass is 16.6.